The van der Waals surface area contributed by atoms with Crippen LogP contribution in [-0.2, 0) is 6.54 Å². The van der Waals surface area contributed by atoms with Crippen LogP contribution in [-0.4, -0.2) is 46.0 Å². The van der Waals surface area contributed by atoms with E-state index in [1.54, 1.807) is 0 Å². The van der Waals surface area contributed by atoms with E-state index in [0.717, 1.165) is 43.3 Å². The Balaban J connectivity index is 1.13. The average molecular weight is 462 g/mol. The third-order valence-electron chi connectivity index (χ3n) is 7.35. The maximum Gasteiger partial charge on any atom is 0.229 e. The molecule has 0 unspecified atom stereocenters. The van der Waals surface area contributed by atoms with Crippen molar-refractivity contribution in [1.82, 2.24) is 25.2 Å². The second-order valence-electron chi connectivity index (χ2n) is 10.1. The zero-order chi connectivity index (χ0) is 23.2. The fraction of sp³-hybridized carbons (Fsp3) is 0.593. The van der Waals surface area contributed by atoms with Crippen LogP contribution in [0.15, 0.2) is 36.8 Å². The van der Waals surface area contributed by atoms with Gasteiger partial charge in [-0.2, -0.15) is 4.98 Å². The average Bonchev–Trinajstić information content (AvgIpc) is 3.65. The van der Waals surface area contributed by atoms with Gasteiger partial charge in [0.2, 0.25) is 5.95 Å². The lowest BCUT2D eigenvalue weighted by Gasteiger charge is -2.28. The zero-order valence-corrected chi connectivity index (χ0v) is 20.4. The summed E-state index contributed by atoms with van der Waals surface area (Å²) >= 11 is 0. The molecule has 2 saturated carbocycles. The van der Waals surface area contributed by atoms with Crippen LogP contribution in [0.2, 0.25) is 0 Å². The molecule has 34 heavy (non-hydrogen) atoms. The Hall–Kier alpha value is -2.67. The minimum Gasteiger partial charge on any atom is -0.389 e. The van der Waals surface area contributed by atoms with E-state index in [2.05, 4.69) is 49.5 Å². The van der Waals surface area contributed by atoms with Crippen molar-refractivity contribution >= 4 is 17.5 Å². The molecule has 7 heteroatoms. The van der Waals surface area contributed by atoms with Crippen LogP contribution in [0.5, 0.6) is 0 Å². The molecule has 0 spiro atoms. The summed E-state index contributed by atoms with van der Waals surface area (Å²) in [6.07, 6.45) is 15.3. The molecular formula is C27H39N7. The molecule has 1 aliphatic heterocycles. The van der Waals surface area contributed by atoms with Crippen LogP contribution in [0, 0.1) is 5.92 Å². The first-order valence-electron chi connectivity index (χ1n) is 13.2. The van der Waals surface area contributed by atoms with Gasteiger partial charge in [0.25, 0.3) is 0 Å². The first kappa shape index (κ1) is 23.1. The third-order valence-corrected chi connectivity index (χ3v) is 7.35. The van der Waals surface area contributed by atoms with Crippen LogP contribution < -0.4 is 16.0 Å². The maximum absolute atomic E-state index is 4.82. The Bertz CT molecular complexity index is 944. The number of likely N-dealkylation sites (tertiary alicyclic amines) is 1. The summed E-state index contributed by atoms with van der Waals surface area (Å²) in [5, 5.41) is 10.4. The molecule has 2 aromatic heterocycles. The molecule has 2 aliphatic carbocycles. The highest BCUT2D eigenvalue weighted by Crippen LogP contribution is 2.42. The maximum atomic E-state index is 4.82. The van der Waals surface area contributed by atoms with Crippen molar-refractivity contribution in [3.8, 4) is 0 Å². The van der Waals surface area contributed by atoms with Crippen molar-refractivity contribution in [2.45, 2.75) is 70.3 Å². The predicted molar refractivity (Wildman–Crippen MR) is 138 cm³/mol. The topological polar surface area (TPSA) is 78.0 Å². The SMILES string of the molecule is C=C(NCCCNc1nc(Nc2ccc(CN3CCCCC3)nc2)ncc1C1CC1)C1CCC1. The van der Waals surface area contributed by atoms with Crippen molar-refractivity contribution in [2.75, 3.05) is 36.8 Å². The number of hydrogen-bond donors (Lipinski definition) is 3. The third kappa shape index (κ3) is 6.26. The number of aromatic nitrogens is 3. The molecule has 0 atom stereocenters. The fourth-order valence-electron chi connectivity index (χ4n) is 4.80. The first-order chi connectivity index (χ1) is 16.7. The quantitative estimate of drug-likeness (QED) is 0.376. The first-order valence-corrected chi connectivity index (χ1v) is 13.2. The Morgan fingerprint density at radius 1 is 0.971 bits per heavy atom. The molecule has 0 amide bonds. The van der Waals surface area contributed by atoms with Gasteiger partial charge in [-0.15, -0.1) is 0 Å². The van der Waals surface area contributed by atoms with Gasteiger partial charge in [0.1, 0.15) is 5.82 Å². The van der Waals surface area contributed by atoms with Crippen LogP contribution in [0.3, 0.4) is 0 Å². The summed E-state index contributed by atoms with van der Waals surface area (Å²) in [5.41, 5.74) is 4.50. The Labute approximate surface area is 203 Å². The van der Waals surface area contributed by atoms with E-state index >= 15 is 0 Å². The second-order valence-corrected chi connectivity index (χ2v) is 10.1. The summed E-state index contributed by atoms with van der Waals surface area (Å²) in [6, 6.07) is 4.19. The van der Waals surface area contributed by atoms with E-state index in [1.165, 1.54) is 75.7 Å². The molecule has 2 aromatic rings. The minimum atomic E-state index is 0.601. The lowest BCUT2D eigenvalue weighted by molar-refractivity contribution is 0.218. The summed E-state index contributed by atoms with van der Waals surface area (Å²) in [6.45, 7) is 9.33. The lowest BCUT2D eigenvalue weighted by atomic mass is 9.83. The number of nitrogens with zero attached hydrogens (tertiary/aromatic N) is 4. The number of pyridine rings is 1. The summed E-state index contributed by atoms with van der Waals surface area (Å²) in [4.78, 5) is 16.6. The number of nitrogens with one attached hydrogen (secondary N) is 3. The predicted octanol–water partition coefficient (Wildman–Crippen LogP) is 5.18. The Kier molecular flexibility index (Phi) is 7.59. The molecule has 3 fully saturated rings. The van der Waals surface area contributed by atoms with E-state index in [9.17, 15) is 0 Å². The molecule has 7 nitrogen and oxygen atoms in total. The van der Waals surface area contributed by atoms with Gasteiger partial charge in [0.05, 0.1) is 17.6 Å². The van der Waals surface area contributed by atoms with Gasteiger partial charge in [-0.25, -0.2) is 4.98 Å². The van der Waals surface area contributed by atoms with Gasteiger partial charge in [-0.05, 0) is 82.0 Å². The van der Waals surface area contributed by atoms with E-state index in [4.69, 9.17) is 4.98 Å². The number of rotatable bonds is 12. The largest absolute Gasteiger partial charge is 0.389 e. The van der Waals surface area contributed by atoms with E-state index < -0.39 is 0 Å². The molecular weight excluding hydrogens is 422 g/mol. The van der Waals surface area contributed by atoms with E-state index in [-0.39, 0.29) is 0 Å². The van der Waals surface area contributed by atoms with Crippen LogP contribution in [0.1, 0.15) is 75.0 Å². The highest BCUT2D eigenvalue weighted by molar-refractivity contribution is 5.56. The summed E-state index contributed by atoms with van der Waals surface area (Å²) in [7, 11) is 0. The molecule has 3 aliphatic rings. The molecule has 3 N–H and O–H groups in total. The van der Waals surface area contributed by atoms with Crippen LogP contribution in [0.25, 0.3) is 0 Å². The molecule has 182 valence electrons. The standard InChI is InChI=1S/C27H39N7/c1-20(21-7-5-8-21)28-13-6-14-29-26-25(22-9-10-22)18-31-27(33-26)32-23-11-12-24(30-17-23)19-34-15-3-2-4-16-34/h11-12,17-18,21-22,28H,1-10,13-16,19H2,(H2,29,31,32,33). The van der Waals surface area contributed by atoms with Gasteiger partial charge < -0.3 is 16.0 Å². The van der Waals surface area contributed by atoms with Gasteiger partial charge in [-0.1, -0.05) is 19.4 Å². The summed E-state index contributed by atoms with van der Waals surface area (Å²) < 4.78 is 0. The fourth-order valence-corrected chi connectivity index (χ4v) is 4.80. The van der Waals surface area contributed by atoms with Crippen molar-refractivity contribution in [1.29, 1.82) is 0 Å². The van der Waals surface area contributed by atoms with Crippen molar-refractivity contribution in [2.24, 2.45) is 5.92 Å². The highest BCUT2D eigenvalue weighted by Gasteiger charge is 2.27. The summed E-state index contributed by atoms with van der Waals surface area (Å²) in [5.74, 6) is 2.88. The minimum absolute atomic E-state index is 0.601. The lowest BCUT2D eigenvalue weighted by Crippen LogP contribution is -2.29. The Morgan fingerprint density at radius 2 is 1.82 bits per heavy atom. The number of allylic oxidation sites excluding steroid dienone is 1. The van der Waals surface area contributed by atoms with Crippen LogP contribution >= 0.6 is 0 Å². The molecule has 0 bridgehead atoms. The normalized spacial score (nSPS) is 18.8. The molecule has 0 radical (unpaired) electrons. The van der Waals surface area contributed by atoms with Crippen molar-refractivity contribution in [3.63, 3.8) is 0 Å². The van der Waals surface area contributed by atoms with Gasteiger partial charge in [0, 0.05) is 37.1 Å². The number of hydrogen-bond acceptors (Lipinski definition) is 7. The van der Waals surface area contributed by atoms with Gasteiger partial charge >= 0.3 is 0 Å². The van der Waals surface area contributed by atoms with Crippen molar-refractivity contribution < 1.29 is 0 Å². The smallest absolute Gasteiger partial charge is 0.229 e. The van der Waals surface area contributed by atoms with Gasteiger partial charge in [-0.3, -0.25) is 9.88 Å². The highest BCUT2D eigenvalue weighted by atomic mass is 15.2. The molecule has 1 saturated heterocycles. The zero-order valence-electron chi connectivity index (χ0n) is 20.4. The van der Waals surface area contributed by atoms with Crippen molar-refractivity contribution in [3.05, 3.63) is 48.1 Å². The molecule has 0 aromatic carbocycles. The van der Waals surface area contributed by atoms with E-state index in [0.29, 0.717) is 17.8 Å². The molecule has 5 rings (SSSR count). The van der Waals surface area contributed by atoms with Gasteiger partial charge in [0.15, 0.2) is 0 Å². The number of piperidine rings is 1. The number of anilines is 3. The van der Waals surface area contributed by atoms with Crippen LogP contribution in [0.4, 0.5) is 17.5 Å². The second kappa shape index (κ2) is 11.2. The molecule has 3 heterocycles. The monoisotopic (exact) mass is 461 g/mol. The Morgan fingerprint density at radius 3 is 2.53 bits per heavy atom. The van der Waals surface area contributed by atoms with E-state index in [1.807, 2.05) is 12.4 Å².